The summed E-state index contributed by atoms with van der Waals surface area (Å²) < 4.78 is 10.6. The average molecular weight is 394 g/mol. The molecule has 0 saturated carbocycles. The van der Waals surface area contributed by atoms with Crippen molar-refractivity contribution in [1.82, 2.24) is 0 Å². The summed E-state index contributed by atoms with van der Waals surface area (Å²) in [6, 6.07) is 2.57. The minimum atomic E-state index is -0.726. The lowest BCUT2D eigenvalue weighted by Gasteiger charge is -2.09. The van der Waals surface area contributed by atoms with Gasteiger partial charge in [0.25, 0.3) is 0 Å². The lowest BCUT2D eigenvalue weighted by atomic mass is 10.1. The van der Waals surface area contributed by atoms with Gasteiger partial charge in [0.2, 0.25) is 10.9 Å². The van der Waals surface area contributed by atoms with Crippen LogP contribution in [0.25, 0.3) is 6.08 Å². The molecule has 1 aliphatic rings. The Morgan fingerprint density at radius 1 is 1.50 bits per heavy atom. The Morgan fingerprint density at radius 2 is 2.23 bits per heavy atom. The van der Waals surface area contributed by atoms with E-state index in [0.29, 0.717) is 10.1 Å². The highest BCUT2D eigenvalue weighted by Crippen LogP contribution is 2.39. The maximum absolute atomic E-state index is 12.1. The molecule has 0 atom stereocenters. The van der Waals surface area contributed by atoms with Gasteiger partial charge in [0, 0.05) is 18.2 Å². The van der Waals surface area contributed by atoms with Gasteiger partial charge in [-0.1, -0.05) is 17.8 Å². The van der Waals surface area contributed by atoms with Crippen molar-refractivity contribution in [2.45, 2.75) is 6.92 Å². The molecule has 136 valence electrons. The van der Waals surface area contributed by atoms with Crippen molar-refractivity contribution in [3.63, 3.8) is 0 Å². The molecule has 1 aromatic carbocycles. The van der Waals surface area contributed by atoms with E-state index in [1.54, 1.807) is 6.08 Å². The molecule has 0 unspecified atom stereocenters. The summed E-state index contributed by atoms with van der Waals surface area (Å²) in [5.74, 6) is -0.218. The summed E-state index contributed by atoms with van der Waals surface area (Å²) in [6.07, 6.45) is 3.02. The molecule has 10 heteroatoms. The molecule has 8 nitrogen and oxygen atoms in total. The Hall–Kier alpha value is -2.59. The van der Waals surface area contributed by atoms with Gasteiger partial charge < -0.3 is 9.47 Å². The Bertz CT molecular complexity index is 847. The summed E-state index contributed by atoms with van der Waals surface area (Å²) in [6.45, 7) is 4.73. The Balaban J connectivity index is 2.56. The van der Waals surface area contributed by atoms with Crippen molar-refractivity contribution < 1.29 is 24.0 Å². The zero-order chi connectivity index (χ0) is 19.3. The number of carbonyl (C=O) groups is 2. The number of hydrogen-bond donors (Lipinski definition) is 0. The van der Waals surface area contributed by atoms with Crippen LogP contribution in [0.3, 0.4) is 0 Å². The van der Waals surface area contributed by atoms with Gasteiger partial charge in [0.1, 0.15) is 15.8 Å². The number of nitrogens with zero attached hydrogens (tertiary/aromatic N) is 2. The maximum Gasteiger partial charge on any atom is 0.316 e. The van der Waals surface area contributed by atoms with Crippen LogP contribution < -0.4 is 9.47 Å². The second kappa shape index (κ2) is 8.68. The van der Waals surface area contributed by atoms with Crippen LogP contribution in [0.4, 0.5) is 5.69 Å². The van der Waals surface area contributed by atoms with Gasteiger partial charge in [0.05, 0.1) is 18.1 Å². The molecule has 1 aromatic rings. The summed E-state index contributed by atoms with van der Waals surface area (Å²) >= 11 is 2.31. The molecule has 0 radical (unpaired) electrons. The predicted octanol–water partition coefficient (Wildman–Crippen LogP) is 3.42. The van der Waals surface area contributed by atoms with E-state index >= 15 is 0 Å². The smallest absolute Gasteiger partial charge is 0.316 e. The number of thioether (sulfide) groups is 2. The second-order valence-corrected chi connectivity index (χ2v) is 7.04. The Labute approximate surface area is 157 Å². The van der Waals surface area contributed by atoms with E-state index in [0.717, 1.165) is 24.8 Å². The van der Waals surface area contributed by atoms with Crippen molar-refractivity contribution in [3.05, 3.63) is 46.2 Å². The summed E-state index contributed by atoms with van der Waals surface area (Å²) in [7, 11) is 1.35. The maximum atomic E-state index is 12.1. The van der Waals surface area contributed by atoms with Gasteiger partial charge in [-0.15, -0.1) is 6.58 Å². The van der Waals surface area contributed by atoms with E-state index in [4.69, 9.17) is 9.47 Å². The molecular formula is C16H14N2O6S2. The van der Waals surface area contributed by atoms with Gasteiger partial charge >= 0.3 is 11.7 Å². The summed E-state index contributed by atoms with van der Waals surface area (Å²) in [4.78, 5) is 38.3. The van der Waals surface area contributed by atoms with Crippen molar-refractivity contribution in [1.29, 1.82) is 0 Å². The van der Waals surface area contributed by atoms with Crippen LogP contribution in [0.1, 0.15) is 12.5 Å². The SMILES string of the molecule is C=CCSC1=NC(=Cc2cc(OC)cc([N+](=O)[O-])c2OC(C)=O)C(=O)S1. The highest BCUT2D eigenvalue weighted by Gasteiger charge is 2.26. The number of hydrogen-bond acceptors (Lipinski definition) is 9. The molecule has 0 fully saturated rings. The monoisotopic (exact) mass is 394 g/mol. The third-order valence-electron chi connectivity index (χ3n) is 2.97. The first-order valence-corrected chi connectivity index (χ1v) is 8.97. The molecule has 0 N–H and O–H groups in total. The van der Waals surface area contributed by atoms with E-state index in [2.05, 4.69) is 11.6 Å². The number of benzene rings is 1. The molecule has 0 aromatic heterocycles. The van der Waals surface area contributed by atoms with Crippen LogP contribution >= 0.6 is 23.5 Å². The largest absolute Gasteiger partial charge is 0.496 e. The second-order valence-electron chi connectivity index (χ2n) is 4.81. The predicted molar refractivity (Wildman–Crippen MR) is 102 cm³/mol. The molecule has 1 aliphatic heterocycles. The van der Waals surface area contributed by atoms with Gasteiger partial charge in [-0.2, -0.15) is 0 Å². The van der Waals surface area contributed by atoms with Crippen molar-refractivity contribution in [2.75, 3.05) is 12.9 Å². The number of esters is 1. The first-order chi connectivity index (χ1) is 12.3. The number of rotatable bonds is 6. The number of carbonyl (C=O) groups excluding carboxylic acids is 2. The molecule has 2 rings (SSSR count). The van der Waals surface area contributed by atoms with Crippen LogP contribution in [0.5, 0.6) is 11.5 Å². The third kappa shape index (κ3) is 4.73. The van der Waals surface area contributed by atoms with E-state index in [1.807, 2.05) is 0 Å². The van der Waals surface area contributed by atoms with Gasteiger partial charge in [-0.3, -0.25) is 19.7 Å². The van der Waals surface area contributed by atoms with Crippen LogP contribution in [0.2, 0.25) is 0 Å². The fraction of sp³-hybridized carbons (Fsp3) is 0.188. The minimum Gasteiger partial charge on any atom is -0.496 e. The fourth-order valence-electron chi connectivity index (χ4n) is 1.95. The lowest BCUT2D eigenvalue weighted by molar-refractivity contribution is -0.385. The number of ether oxygens (including phenoxy) is 2. The van der Waals surface area contributed by atoms with E-state index in [1.165, 1.54) is 31.0 Å². The van der Waals surface area contributed by atoms with Gasteiger partial charge in [-0.05, 0) is 23.9 Å². The highest BCUT2D eigenvalue weighted by molar-refractivity contribution is 8.45. The van der Waals surface area contributed by atoms with Crippen LogP contribution in [-0.2, 0) is 9.59 Å². The number of nitro groups is 1. The number of nitro benzene ring substituents is 1. The van der Waals surface area contributed by atoms with Crippen molar-refractivity contribution in [2.24, 2.45) is 4.99 Å². The van der Waals surface area contributed by atoms with Crippen LogP contribution in [0, 0.1) is 10.1 Å². The first kappa shape index (κ1) is 19.7. The lowest BCUT2D eigenvalue weighted by Crippen LogP contribution is -2.06. The van der Waals surface area contributed by atoms with Crippen molar-refractivity contribution >= 4 is 50.7 Å². The molecule has 0 spiro atoms. The standard InChI is InChI=1S/C16H14N2O6S2/c1-4-5-25-16-17-12(15(20)26-16)7-10-6-11(23-3)8-13(18(21)22)14(10)24-9(2)19/h4,6-8H,1,5H2,2-3H3. The molecule has 0 saturated heterocycles. The number of aliphatic imine (C=N–C) groups is 1. The van der Waals surface area contributed by atoms with Crippen LogP contribution in [-0.4, -0.2) is 33.2 Å². The number of methoxy groups -OCH3 is 1. The fourth-order valence-corrected chi connectivity index (χ4v) is 3.56. The van der Waals surface area contributed by atoms with E-state index in [9.17, 15) is 19.7 Å². The normalized spacial score (nSPS) is 14.9. The quantitative estimate of drug-likeness (QED) is 0.180. The van der Waals surface area contributed by atoms with E-state index < -0.39 is 16.6 Å². The van der Waals surface area contributed by atoms with Crippen LogP contribution in [0.15, 0.2) is 35.5 Å². The summed E-state index contributed by atoms with van der Waals surface area (Å²) in [5, 5.41) is 11.0. The Morgan fingerprint density at radius 3 is 2.81 bits per heavy atom. The highest BCUT2D eigenvalue weighted by atomic mass is 32.2. The van der Waals surface area contributed by atoms with Gasteiger partial charge in [-0.25, -0.2) is 4.99 Å². The van der Waals surface area contributed by atoms with Crippen molar-refractivity contribution in [3.8, 4) is 11.5 Å². The molecule has 0 amide bonds. The zero-order valence-electron chi connectivity index (χ0n) is 13.9. The van der Waals surface area contributed by atoms with Gasteiger partial charge in [0.15, 0.2) is 0 Å². The first-order valence-electron chi connectivity index (χ1n) is 7.16. The molecule has 1 heterocycles. The molecule has 0 bridgehead atoms. The molecular weight excluding hydrogens is 380 g/mol. The Kier molecular flexibility index (Phi) is 6.58. The van der Waals surface area contributed by atoms with E-state index in [-0.39, 0.29) is 27.9 Å². The summed E-state index contributed by atoms with van der Waals surface area (Å²) in [5.41, 5.74) is -0.207. The third-order valence-corrected chi connectivity index (χ3v) is 4.97. The molecule has 0 aliphatic carbocycles. The average Bonchev–Trinajstić information content (AvgIpc) is 2.93. The molecule has 26 heavy (non-hydrogen) atoms. The zero-order valence-corrected chi connectivity index (χ0v) is 15.5. The minimum absolute atomic E-state index is 0.0949. The topological polar surface area (TPSA) is 108 Å².